The highest BCUT2D eigenvalue weighted by atomic mass is 35.5. The molecule has 0 unspecified atom stereocenters. The molecule has 1 aromatic carbocycles. The second-order valence-corrected chi connectivity index (χ2v) is 9.96. The van der Waals surface area contributed by atoms with E-state index in [-0.39, 0.29) is 29.4 Å². The summed E-state index contributed by atoms with van der Waals surface area (Å²) in [6.45, 7) is 3.70. The largest absolute Gasteiger partial charge is 0.484 e. The number of hydrogen-bond acceptors (Lipinski definition) is 7. The van der Waals surface area contributed by atoms with E-state index in [1.54, 1.807) is 6.20 Å². The number of carbonyl (C=O) groups is 1. The Bertz CT molecular complexity index is 1210. The van der Waals surface area contributed by atoms with E-state index in [4.69, 9.17) is 25.5 Å². The van der Waals surface area contributed by atoms with Crippen molar-refractivity contribution in [2.24, 2.45) is 0 Å². The summed E-state index contributed by atoms with van der Waals surface area (Å²) in [6, 6.07) is 7.84. The molecule has 1 N–H and O–H groups in total. The van der Waals surface area contributed by atoms with Gasteiger partial charge in [-0.2, -0.15) is 0 Å². The fourth-order valence-corrected chi connectivity index (χ4v) is 4.78. The number of rotatable bonds is 8. The Hall–Kier alpha value is -3.20. The Balaban J connectivity index is 1.13. The Morgan fingerprint density at radius 2 is 1.97 bits per heavy atom. The maximum atomic E-state index is 13.5. The molecule has 2 saturated carbocycles. The number of ether oxygens (including phenoxy) is 2. The summed E-state index contributed by atoms with van der Waals surface area (Å²) in [7, 11) is 0. The summed E-state index contributed by atoms with van der Waals surface area (Å²) in [5.74, 6) is 0.883. The molecule has 2 aliphatic carbocycles. The molecule has 10 heteroatoms. The van der Waals surface area contributed by atoms with Crippen LogP contribution in [0, 0.1) is 5.82 Å². The van der Waals surface area contributed by atoms with Gasteiger partial charge in [0.25, 0.3) is 5.91 Å². The molecule has 2 aromatic heterocycles. The van der Waals surface area contributed by atoms with Gasteiger partial charge in [-0.3, -0.25) is 9.78 Å². The van der Waals surface area contributed by atoms with Crippen LogP contribution in [0.2, 0.25) is 5.02 Å². The Morgan fingerprint density at radius 1 is 1.21 bits per heavy atom. The monoisotopic (exact) mass is 486 g/mol. The number of nitrogens with zero attached hydrogens (tertiary/aromatic N) is 3. The fourth-order valence-electron chi connectivity index (χ4n) is 4.67. The van der Waals surface area contributed by atoms with E-state index in [1.807, 2.05) is 26.0 Å². The molecular formula is C24H24ClFN4O4. The number of amides is 1. The lowest BCUT2D eigenvalue weighted by atomic mass is 9.59. The van der Waals surface area contributed by atoms with Gasteiger partial charge in [-0.25, -0.2) is 4.39 Å². The lowest BCUT2D eigenvalue weighted by Gasteiger charge is -2.51. The second-order valence-electron chi connectivity index (χ2n) is 9.56. The minimum absolute atomic E-state index is 0.00389. The highest BCUT2D eigenvalue weighted by Crippen LogP contribution is 2.50. The number of benzene rings is 1. The fraction of sp³-hybridized carbons (Fsp3) is 0.417. The molecule has 178 valence electrons. The van der Waals surface area contributed by atoms with E-state index in [9.17, 15) is 9.18 Å². The molecule has 0 radical (unpaired) electrons. The van der Waals surface area contributed by atoms with Gasteiger partial charge in [0.2, 0.25) is 5.89 Å². The summed E-state index contributed by atoms with van der Waals surface area (Å²) in [5, 5.41) is 11.1. The molecule has 0 aliphatic heterocycles. The second kappa shape index (κ2) is 8.54. The predicted octanol–water partition coefficient (Wildman–Crippen LogP) is 4.93. The molecule has 0 bridgehead atoms. The molecule has 34 heavy (non-hydrogen) atoms. The molecule has 2 fully saturated rings. The van der Waals surface area contributed by atoms with E-state index in [0.29, 0.717) is 30.4 Å². The van der Waals surface area contributed by atoms with Gasteiger partial charge < -0.3 is 19.2 Å². The molecular weight excluding hydrogens is 463 g/mol. The van der Waals surface area contributed by atoms with Gasteiger partial charge in [0.05, 0.1) is 16.6 Å². The van der Waals surface area contributed by atoms with Gasteiger partial charge in [-0.15, -0.1) is 5.10 Å². The summed E-state index contributed by atoms with van der Waals surface area (Å²) >= 11 is 5.66. The van der Waals surface area contributed by atoms with Gasteiger partial charge in [-0.05, 0) is 56.9 Å². The minimum atomic E-state index is -0.601. The molecule has 3 aromatic rings. The predicted molar refractivity (Wildman–Crippen MR) is 121 cm³/mol. The number of aromatic nitrogens is 3. The van der Waals surface area contributed by atoms with Crippen molar-refractivity contribution in [3.05, 3.63) is 59.0 Å². The third kappa shape index (κ3) is 4.84. The van der Waals surface area contributed by atoms with Crippen LogP contribution in [-0.4, -0.2) is 33.2 Å². The van der Waals surface area contributed by atoms with Crippen molar-refractivity contribution < 1.29 is 23.1 Å². The zero-order chi connectivity index (χ0) is 23.9. The van der Waals surface area contributed by atoms with Gasteiger partial charge in [-0.1, -0.05) is 23.6 Å². The van der Waals surface area contributed by atoms with Crippen molar-refractivity contribution in [1.82, 2.24) is 20.5 Å². The SMILES string of the molecule is CC1(NC(=O)COc2ccc(Cl)c(F)c2)CC(C)(c2nnc(Oc3ccc(C4CC4)nc3)o2)C1. The number of nitrogens with one attached hydrogen (secondary N) is 1. The van der Waals surface area contributed by atoms with Crippen molar-refractivity contribution in [3.8, 4) is 17.6 Å². The first-order chi connectivity index (χ1) is 16.2. The Morgan fingerprint density at radius 3 is 2.65 bits per heavy atom. The molecule has 8 nitrogen and oxygen atoms in total. The van der Waals surface area contributed by atoms with Crippen molar-refractivity contribution in [3.63, 3.8) is 0 Å². The first-order valence-corrected chi connectivity index (χ1v) is 11.5. The average molecular weight is 487 g/mol. The maximum absolute atomic E-state index is 13.5. The molecule has 0 spiro atoms. The van der Waals surface area contributed by atoms with Crippen LogP contribution in [0.25, 0.3) is 0 Å². The number of pyridine rings is 1. The first-order valence-electron chi connectivity index (χ1n) is 11.1. The van der Waals surface area contributed by atoms with E-state index >= 15 is 0 Å². The summed E-state index contributed by atoms with van der Waals surface area (Å²) in [5.41, 5.74) is 0.219. The lowest BCUT2D eigenvalue weighted by molar-refractivity contribution is -0.127. The molecule has 2 aliphatic rings. The highest BCUT2D eigenvalue weighted by Gasteiger charge is 2.53. The quantitative estimate of drug-likeness (QED) is 0.481. The first kappa shape index (κ1) is 22.6. The van der Waals surface area contributed by atoms with E-state index in [1.165, 1.54) is 25.0 Å². The zero-order valence-corrected chi connectivity index (χ0v) is 19.6. The van der Waals surface area contributed by atoms with Gasteiger partial charge >= 0.3 is 6.08 Å². The molecule has 5 rings (SSSR count). The lowest BCUT2D eigenvalue weighted by Crippen LogP contribution is -2.61. The third-order valence-electron chi connectivity index (χ3n) is 6.15. The van der Waals surface area contributed by atoms with Crippen LogP contribution in [-0.2, 0) is 10.2 Å². The Labute approximate surface area is 200 Å². The smallest absolute Gasteiger partial charge is 0.420 e. The van der Waals surface area contributed by atoms with Gasteiger partial charge in [0.15, 0.2) is 12.4 Å². The van der Waals surface area contributed by atoms with Gasteiger partial charge in [0, 0.05) is 23.2 Å². The van der Waals surface area contributed by atoms with Crippen LogP contribution < -0.4 is 14.8 Å². The Kier molecular flexibility index (Phi) is 5.67. The molecule has 1 amide bonds. The van der Waals surface area contributed by atoms with E-state index in [2.05, 4.69) is 20.5 Å². The van der Waals surface area contributed by atoms with Crippen molar-refractivity contribution in [2.75, 3.05) is 6.61 Å². The standard InChI is InChI=1S/C24H24ClFN4O4/c1-23(21-29-30-22(34-21)33-16-6-8-19(27-10-16)14-3-4-14)12-24(2,13-23)28-20(31)11-32-15-5-7-17(25)18(26)9-15/h5-10,14H,3-4,11-13H2,1-2H3,(H,28,31). The zero-order valence-electron chi connectivity index (χ0n) is 18.8. The van der Waals surface area contributed by atoms with Crippen LogP contribution in [0.3, 0.4) is 0 Å². The summed E-state index contributed by atoms with van der Waals surface area (Å²) in [6.07, 6.45) is 5.29. The van der Waals surface area contributed by atoms with Gasteiger partial charge in [0.1, 0.15) is 11.6 Å². The van der Waals surface area contributed by atoms with Crippen molar-refractivity contribution in [1.29, 1.82) is 0 Å². The average Bonchev–Trinajstić information content (AvgIpc) is 3.52. The van der Waals surface area contributed by atoms with Crippen LogP contribution in [0.1, 0.15) is 57.0 Å². The number of carbonyl (C=O) groups excluding carboxylic acids is 1. The summed E-state index contributed by atoms with van der Waals surface area (Å²) in [4.78, 5) is 16.8. The van der Waals surface area contributed by atoms with Crippen LogP contribution >= 0.6 is 11.6 Å². The summed E-state index contributed by atoms with van der Waals surface area (Å²) < 4.78 is 30.3. The van der Waals surface area contributed by atoms with Crippen LogP contribution in [0.5, 0.6) is 17.6 Å². The molecule has 0 atom stereocenters. The van der Waals surface area contributed by atoms with Crippen LogP contribution in [0.15, 0.2) is 40.9 Å². The topological polar surface area (TPSA) is 99.4 Å². The minimum Gasteiger partial charge on any atom is -0.484 e. The van der Waals surface area contributed by atoms with Crippen molar-refractivity contribution in [2.45, 2.75) is 56.4 Å². The molecule has 0 saturated heterocycles. The van der Waals surface area contributed by atoms with Crippen LogP contribution in [0.4, 0.5) is 4.39 Å². The van der Waals surface area contributed by atoms with Crippen molar-refractivity contribution >= 4 is 17.5 Å². The maximum Gasteiger partial charge on any atom is 0.420 e. The molecule has 2 heterocycles. The van der Waals surface area contributed by atoms with E-state index in [0.717, 1.165) is 11.8 Å². The highest BCUT2D eigenvalue weighted by molar-refractivity contribution is 6.30. The normalized spacial score (nSPS) is 23.8. The third-order valence-corrected chi connectivity index (χ3v) is 6.45. The van der Waals surface area contributed by atoms with E-state index < -0.39 is 16.8 Å². The number of hydrogen-bond donors (Lipinski definition) is 1. The number of halogens is 2.